The molecule has 100 valence electrons. The topological polar surface area (TPSA) is 29.1 Å². The van der Waals surface area contributed by atoms with E-state index in [0.717, 1.165) is 12.8 Å². The summed E-state index contributed by atoms with van der Waals surface area (Å²) in [6.07, 6.45) is 11.9. The van der Waals surface area contributed by atoms with Gasteiger partial charge in [0, 0.05) is 12.5 Å². The fourth-order valence-corrected chi connectivity index (χ4v) is 2.74. The predicted octanol–water partition coefficient (Wildman–Crippen LogP) is 4.04. The minimum atomic E-state index is 0.292. The quantitative estimate of drug-likeness (QED) is 0.713. The van der Waals surface area contributed by atoms with Gasteiger partial charge in [-0.2, -0.15) is 0 Å². The standard InChI is InChI=1S/C15H29NO/c1-3-5-9-13(4-2)12-15(17)16-14-10-7-6-8-11-14/h13-14H,3-12H2,1-2H3,(H,16,17). The predicted molar refractivity (Wildman–Crippen MR) is 72.9 cm³/mol. The van der Waals surface area contributed by atoms with Crippen LogP contribution in [0.5, 0.6) is 0 Å². The van der Waals surface area contributed by atoms with E-state index in [1.807, 2.05) is 0 Å². The molecule has 0 bridgehead atoms. The molecule has 1 atom stereocenters. The summed E-state index contributed by atoms with van der Waals surface area (Å²) in [5.41, 5.74) is 0. The van der Waals surface area contributed by atoms with Gasteiger partial charge in [-0.05, 0) is 25.2 Å². The highest BCUT2D eigenvalue weighted by Gasteiger charge is 2.17. The highest BCUT2D eigenvalue weighted by Crippen LogP contribution is 2.19. The van der Waals surface area contributed by atoms with Crippen LogP contribution in [0.1, 0.15) is 78.1 Å². The molecule has 1 saturated carbocycles. The van der Waals surface area contributed by atoms with E-state index in [1.165, 1.54) is 51.4 Å². The van der Waals surface area contributed by atoms with Crippen molar-refractivity contribution in [3.63, 3.8) is 0 Å². The number of hydrogen-bond donors (Lipinski definition) is 1. The zero-order chi connectivity index (χ0) is 12.5. The van der Waals surface area contributed by atoms with Gasteiger partial charge in [0.25, 0.3) is 0 Å². The first kappa shape index (κ1) is 14.5. The Morgan fingerprint density at radius 2 is 1.94 bits per heavy atom. The summed E-state index contributed by atoms with van der Waals surface area (Å²) in [5.74, 6) is 0.887. The zero-order valence-corrected chi connectivity index (χ0v) is 11.6. The van der Waals surface area contributed by atoms with Gasteiger partial charge < -0.3 is 5.32 Å². The van der Waals surface area contributed by atoms with Crippen molar-refractivity contribution in [3.05, 3.63) is 0 Å². The summed E-state index contributed by atoms with van der Waals surface area (Å²) in [7, 11) is 0. The number of carbonyl (C=O) groups is 1. The van der Waals surface area contributed by atoms with Gasteiger partial charge in [-0.3, -0.25) is 4.79 Å². The smallest absolute Gasteiger partial charge is 0.220 e. The average molecular weight is 239 g/mol. The Hall–Kier alpha value is -0.530. The van der Waals surface area contributed by atoms with Gasteiger partial charge in [-0.15, -0.1) is 0 Å². The van der Waals surface area contributed by atoms with E-state index >= 15 is 0 Å². The Morgan fingerprint density at radius 1 is 1.24 bits per heavy atom. The lowest BCUT2D eigenvalue weighted by atomic mass is 9.93. The summed E-state index contributed by atoms with van der Waals surface area (Å²) in [5, 5.41) is 3.22. The van der Waals surface area contributed by atoms with Gasteiger partial charge >= 0.3 is 0 Å². The minimum Gasteiger partial charge on any atom is -0.353 e. The van der Waals surface area contributed by atoms with Crippen LogP contribution in [0.2, 0.25) is 0 Å². The Labute approximate surface area is 107 Å². The number of rotatable bonds is 7. The third kappa shape index (κ3) is 6.09. The van der Waals surface area contributed by atoms with E-state index in [4.69, 9.17) is 0 Å². The first-order chi connectivity index (χ1) is 8.26. The molecule has 0 aromatic carbocycles. The SMILES string of the molecule is CCCCC(CC)CC(=O)NC1CCCCC1. The van der Waals surface area contributed by atoms with Crippen LogP contribution in [0.15, 0.2) is 0 Å². The summed E-state index contributed by atoms with van der Waals surface area (Å²) in [6.45, 7) is 4.42. The van der Waals surface area contributed by atoms with Crippen LogP contribution in [0.3, 0.4) is 0 Å². The third-order valence-corrected chi connectivity index (χ3v) is 3.99. The lowest BCUT2D eigenvalue weighted by Crippen LogP contribution is -2.37. The maximum Gasteiger partial charge on any atom is 0.220 e. The number of amides is 1. The van der Waals surface area contributed by atoms with E-state index in [-0.39, 0.29) is 0 Å². The summed E-state index contributed by atoms with van der Waals surface area (Å²) < 4.78 is 0. The second-order valence-electron chi connectivity index (χ2n) is 5.52. The maximum atomic E-state index is 11.9. The first-order valence-corrected chi connectivity index (χ1v) is 7.55. The molecule has 0 spiro atoms. The van der Waals surface area contributed by atoms with Crippen molar-refractivity contribution in [1.82, 2.24) is 5.32 Å². The zero-order valence-electron chi connectivity index (χ0n) is 11.6. The van der Waals surface area contributed by atoms with E-state index in [2.05, 4.69) is 19.2 Å². The molecule has 1 aliphatic rings. The molecule has 1 fully saturated rings. The molecule has 0 heterocycles. The molecule has 0 radical (unpaired) electrons. The van der Waals surface area contributed by atoms with Crippen LogP contribution in [0, 0.1) is 5.92 Å². The lowest BCUT2D eigenvalue weighted by Gasteiger charge is -2.24. The largest absolute Gasteiger partial charge is 0.353 e. The van der Waals surface area contributed by atoms with Crippen molar-refractivity contribution in [2.24, 2.45) is 5.92 Å². The summed E-state index contributed by atoms with van der Waals surface area (Å²) >= 11 is 0. The van der Waals surface area contributed by atoms with Gasteiger partial charge in [0.2, 0.25) is 5.91 Å². The van der Waals surface area contributed by atoms with Gasteiger partial charge in [-0.1, -0.05) is 52.4 Å². The van der Waals surface area contributed by atoms with Gasteiger partial charge in [0.1, 0.15) is 0 Å². The molecule has 0 aromatic rings. The van der Waals surface area contributed by atoms with E-state index < -0.39 is 0 Å². The molecule has 0 saturated heterocycles. The molecule has 1 rings (SSSR count). The average Bonchev–Trinajstić information content (AvgIpc) is 2.35. The number of carbonyl (C=O) groups excluding carboxylic acids is 1. The Morgan fingerprint density at radius 3 is 2.53 bits per heavy atom. The number of nitrogens with one attached hydrogen (secondary N) is 1. The van der Waals surface area contributed by atoms with Crippen LogP contribution in [-0.4, -0.2) is 11.9 Å². The number of unbranched alkanes of at least 4 members (excludes halogenated alkanes) is 1. The molecule has 1 amide bonds. The van der Waals surface area contributed by atoms with Crippen LogP contribution in [-0.2, 0) is 4.79 Å². The molecule has 1 unspecified atom stereocenters. The molecule has 0 aliphatic heterocycles. The van der Waals surface area contributed by atoms with Crippen molar-refractivity contribution in [1.29, 1.82) is 0 Å². The Bertz CT molecular complexity index is 209. The molecule has 2 heteroatoms. The second-order valence-corrected chi connectivity index (χ2v) is 5.52. The van der Waals surface area contributed by atoms with Crippen LogP contribution in [0.25, 0.3) is 0 Å². The minimum absolute atomic E-state index is 0.292. The summed E-state index contributed by atoms with van der Waals surface area (Å²) in [6, 6.07) is 0.472. The third-order valence-electron chi connectivity index (χ3n) is 3.99. The van der Waals surface area contributed by atoms with Crippen molar-refractivity contribution >= 4 is 5.91 Å². The van der Waals surface area contributed by atoms with E-state index in [9.17, 15) is 4.79 Å². The maximum absolute atomic E-state index is 11.9. The van der Waals surface area contributed by atoms with Crippen molar-refractivity contribution < 1.29 is 4.79 Å². The van der Waals surface area contributed by atoms with Crippen LogP contribution >= 0.6 is 0 Å². The highest BCUT2D eigenvalue weighted by atomic mass is 16.1. The molecular formula is C15H29NO. The van der Waals surface area contributed by atoms with Gasteiger partial charge in [0.05, 0.1) is 0 Å². The van der Waals surface area contributed by atoms with E-state index in [0.29, 0.717) is 17.9 Å². The fraction of sp³-hybridized carbons (Fsp3) is 0.933. The number of hydrogen-bond acceptors (Lipinski definition) is 1. The molecule has 0 aromatic heterocycles. The molecule has 1 aliphatic carbocycles. The monoisotopic (exact) mass is 239 g/mol. The van der Waals surface area contributed by atoms with Crippen molar-refractivity contribution in [2.75, 3.05) is 0 Å². The van der Waals surface area contributed by atoms with Crippen molar-refractivity contribution in [2.45, 2.75) is 84.1 Å². The first-order valence-electron chi connectivity index (χ1n) is 7.55. The molecular weight excluding hydrogens is 210 g/mol. The Balaban J connectivity index is 2.21. The van der Waals surface area contributed by atoms with Crippen LogP contribution in [0.4, 0.5) is 0 Å². The second kappa shape index (κ2) is 8.54. The fourth-order valence-electron chi connectivity index (χ4n) is 2.74. The molecule has 2 nitrogen and oxygen atoms in total. The van der Waals surface area contributed by atoms with E-state index in [1.54, 1.807) is 0 Å². The van der Waals surface area contributed by atoms with Gasteiger partial charge in [0.15, 0.2) is 0 Å². The highest BCUT2D eigenvalue weighted by molar-refractivity contribution is 5.76. The Kier molecular flexibility index (Phi) is 7.30. The molecule has 1 N–H and O–H groups in total. The summed E-state index contributed by atoms with van der Waals surface area (Å²) in [4.78, 5) is 11.9. The van der Waals surface area contributed by atoms with Crippen molar-refractivity contribution in [3.8, 4) is 0 Å². The molecule has 17 heavy (non-hydrogen) atoms. The van der Waals surface area contributed by atoms with Gasteiger partial charge in [-0.25, -0.2) is 0 Å². The van der Waals surface area contributed by atoms with Crippen LogP contribution < -0.4 is 5.32 Å². The normalized spacial score (nSPS) is 18.9. The lowest BCUT2D eigenvalue weighted by molar-refractivity contribution is -0.123.